The number of anilines is 1. The number of amides is 1. The smallest absolute Gasteiger partial charge is 0.267 e. The Morgan fingerprint density at radius 3 is 2.12 bits per heavy atom. The van der Waals surface area contributed by atoms with Crippen molar-refractivity contribution in [2.24, 2.45) is 5.16 Å². The van der Waals surface area contributed by atoms with E-state index in [-0.39, 0.29) is 18.1 Å². The van der Waals surface area contributed by atoms with E-state index in [4.69, 9.17) is 9.25 Å². The van der Waals surface area contributed by atoms with Crippen LogP contribution in [0, 0.1) is 11.3 Å². The molecular weight excluding hydrogens is 414 g/mol. The molecule has 0 radical (unpaired) electrons. The average Bonchev–Trinajstić information content (AvgIpc) is 3.23. The molecule has 1 heterocycles. The highest BCUT2D eigenvalue weighted by Gasteiger charge is 2.24. The fraction of sp³-hybridized carbons (Fsp3) is 0.0741. The normalized spacial score (nSPS) is 11.0. The summed E-state index contributed by atoms with van der Waals surface area (Å²) >= 11 is 0. The van der Waals surface area contributed by atoms with Gasteiger partial charge in [0, 0.05) is 11.1 Å². The van der Waals surface area contributed by atoms with Crippen molar-refractivity contribution in [2.45, 2.75) is 6.92 Å². The van der Waals surface area contributed by atoms with Gasteiger partial charge in [0.2, 0.25) is 5.88 Å². The van der Waals surface area contributed by atoms with Gasteiger partial charge in [-0.25, -0.2) is 0 Å². The number of carbonyl (C=O) groups is 1. The molecule has 0 aliphatic heterocycles. The van der Waals surface area contributed by atoms with E-state index in [9.17, 15) is 10.1 Å². The summed E-state index contributed by atoms with van der Waals surface area (Å²) < 4.78 is 6.00. The molecule has 1 N–H and O–H groups in total. The number of furan rings is 1. The van der Waals surface area contributed by atoms with Crippen LogP contribution in [0.1, 0.15) is 18.1 Å². The molecule has 6 nitrogen and oxygen atoms in total. The van der Waals surface area contributed by atoms with Crippen LogP contribution in [0.25, 0.3) is 22.5 Å². The van der Waals surface area contributed by atoms with Gasteiger partial charge in [-0.05, 0) is 18.1 Å². The Morgan fingerprint density at radius 2 is 1.52 bits per heavy atom. The number of nitrogens with one attached hydrogen (secondary N) is 1. The zero-order valence-electron chi connectivity index (χ0n) is 18.0. The van der Waals surface area contributed by atoms with Gasteiger partial charge < -0.3 is 9.25 Å². The Hall–Kier alpha value is -4.63. The van der Waals surface area contributed by atoms with Crippen molar-refractivity contribution in [2.75, 3.05) is 11.9 Å². The van der Waals surface area contributed by atoms with Crippen molar-refractivity contribution in [3.63, 3.8) is 0 Å². The molecule has 0 unspecified atom stereocenters. The summed E-state index contributed by atoms with van der Waals surface area (Å²) in [5.74, 6) is 0.101. The van der Waals surface area contributed by atoms with Crippen LogP contribution < -0.4 is 5.32 Å². The van der Waals surface area contributed by atoms with E-state index in [2.05, 4.69) is 16.5 Å². The van der Waals surface area contributed by atoms with Gasteiger partial charge in [-0.2, -0.15) is 5.26 Å². The van der Waals surface area contributed by atoms with Gasteiger partial charge in [0.15, 0.2) is 6.61 Å². The van der Waals surface area contributed by atoms with E-state index >= 15 is 0 Å². The van der Waals surface area contributed by atoms with Crippen molar-refractivity contribution >= 4 is 17.5 Å². The molecule has 0 saturated heterocycles. The molecule has 0 aliphatic rings. The SMILES string of the molecule is C/C(=N\OCC(=O)Nc1oc(-c2ccccc2)c(-c2ccccc2)c1C#N)c1ccccc1. The second kappa shape index (κ2) is 10.1. The number of hydrogen-bond acceptors (Lipinski definition) is 5. The molecule has 0 atom stereocenters. The molecule has 1 amide bonds. The first-order valence-electron chi connectivity index (χ1n) is 10.4. The zero-order valence-corrected chi connectivity index (χ0v) is 18.0. The first kappa shape index (κ1) is 21.6. The van der Waals surface area contributed by atoms with E-state index < -0.39 is 5.91 Å². The summed E-state index contributed by atoms with van der Waals surface area (Å²) in [4.78, 5) is 17.7. The highest BCUT2D eigenvalue weighted by molar-refractivity contribution is 5.98. The van der Waals surface area contributed by atoms with Gasteiger partial charge in [0.25, 0.3) is 5.91 Å². The molecular formula is C27H21N3O3. The second-order valence-electron chi connectivity index (χ2n) is 7.22. The third-order valence-corrected chi connectivity index (χ3v) is 4.96. The fourth-order valence-corrected chi connectivity index (χ4v) is 3.38. The highest BCUT2D eigenvalue weighted by Crippen LogP contribution is 2.41. The van der Waals surface area contributed by atoms with Crippen molar-refractivity contribution in [1.29, 1.82) is 5.26 Å². The van der Waals surface area contributed by atoms with E-state index in [0.717, 1.165) is 16.7 Å². The Morgan fingerprint density at radius 1 is 0.939 bits per heavy atom. The monoisotopic (exact) mass is 435 g/mol. The quantitative estimate of drug-likeness (QED) is 0.291. The predicted molar refractivity (Wildman–Crippen MR) is 128 cm³/mol. The number of hydrogen-bond donors (Lipinski definition) is 1. The Kier molecular flexibility index (Phi) is 6.62. The van der Waals surface area contributed by atoms with Crippen LogP contribution in [-0.2, 0) is 9.63 Å². The Balaban J connectivity index is 1.58. The largest absolute Gasteiger partial charge is 0.438 e. The maximum absolute atomic E-state index is 12.5. The summed E-state index contributed by atoms with van der Waals surface area (Å²) in [5, 5.41) is 16.5. The van der Waals surface area contributed by atoms with Crippen LogP contribution in [0.2, 0.25) is 0 Å². The first-order chi connectivity index (χ1) is 16.2. The van der Waals surface area contributed by atoms with E-state index in [1.165, 1.54) is 0 Å². The minimum absolute atomic E-state index is 0.0765. The molecule has 0 fully saturated rings. The molecule has 0 spiro atoms. The zero-order chi connectivity index (χ0) is 23.0. The summed E-state index contributed by atoms with van der Waals surface area (Å²) in [7, 11) is 0. The van der Waals surface area contributed by atoms with Gasteiger partial charge in [-0.1, -0.05) is 96.2 Å². The second-order valence-corrected chi connectivity index (χ2v) is 7.22. The molecule has 33 heavy (non-hydrogen) atoms. The number of benzene rings is 3. The van der Waals surface area contributed by atoms with Gasteiger partial charge >= 0.3 is 0 Å². The third kappa shape index (κ3) is 5.00. The lowest BCUT2D eigenvalue weighted by molar-refractivity contribution is -0.120. The molecule has 4 aromatic rings. The minimum atomic E-state index is -0.482. The van der Waals surface area contributed by atoms with Gasteiger partial charge in [0.1, 0.15) is 17.4 Å². The number of oxime groups is 1. The van der Waals surface area contributed by atoms with Crippen LogP contribution in [0.5, 0.6) is 0 Å². The van der Waals surface area contributed by atoms with Crippen molar-refractivity contribution in [1.82, 2.24) is 0 Å². The van der Waals surface area contributed by atoms with Gasteiger partial charge in [-0.15, -0.1) is 0 Å². The van der Waals surface area contributed by atoms with E-state index in [1.54, 1.807) is 6.92 Å². The van der Waals surface area contributed by atoms with Crippen molar-refractivity contribution < 1.29 is 14.0 Å². The summed E-state index contributed by atoms with van der Waals surface area (Å²) in [6, 6.07) is 30.6. The molecule has 4 rings (SSSR count). The van der Waals surface area contributed by atoms with Crippen LogP contribution in [-0.4, -0.2) is 18.2 Å². The molecule has 162 valence electrons. The third-order valence-electron chi connectivity index (χ3n) is 4.96. The molecule has 6 heteroatoms. The number of nitrogens with zero attached hydrogens (tertiary/aromatic N) is 2. The molecule has 0 bridgehead atoms. The number of rotatable bonds is 7. The lowest BCUT2D eigenvalue weighted by Gasteiger charge is -2.03. The van der Waals surface area contributed by atoms with E-state index in [0.29, 0.717) is 17.0 Å². The fourth-order valence-electron chi connectivity index (χ4n) is 3.38. The minimum Gasteiger partial charge on any atom is -0.438 e. The van der Waals surface area contributed by atoms with E-state index in [1.807, 2.05) is 91.0 Å². The van der Waals surface area contributed by atoms with Crippen LogP contribution in [0.4, 0.5) is 5.88 Å². The maximum atomic E-state index is 12.5. The Bertz CT molecular complexity index is 1310. The van der Waals surface area contributed by atoms with Gasteiger partial charge in [0.05, 0.1) is 5.71 Å². The maximum Gasteiger partial charge on any atom is 0.267 e. The summed E-state index contributed by atoms with van der Waals surface area (Å²) in [6.45, 7) is 1.48. The van der Waals surface area contributed by atoms with Gasteiger partial charge in [-0.3, -0.25) is 10.1 Å². The lowest BCUT2D eigenvalue weighted by atomic mass is 9.98. The Labute approximate surface area is 191 Å². The van der Waals surface area contributed by atoms with Crippen LogP contribution >= 0.6 is 0 Å². The topological polar surface area (TPSA) is 87.6 Å². The predicted octanol–water partition coefficient (Wildman–Crippen LogP) is 5.86. The molecule has 0 saturated carbocycles. The summed E-state index contributed by atoms with van der Waals surface area (Å²) in [6.07, 6.45) is 0. The van der Waals surface area contributed by atoms with Crippen molar-refractivity contribution in [3.8, 4) is 28.5 Å². The lowest BCUT2D eigenvalue weighted by Crippen LogP contribution is -2.17. The van der Waals surface area contributed by atoms with Crippen molar-refractivity contribution in [3.05, 3.63) is 102 Å². The summed E-state index contributed by atoms with van der Waals surface area (Å²) in [5.41, 5.74) is 4.03. The standard InChI is InChI=1S/C27H21N3O3/c1-19(20-11-5-2-6-12-20)30-32-18-24(31)29-27-23(17-28)25(21-13-7-3-8-14-21)26(33-27)22-15-9-4-10-16-22/h2-16H,18H2,1H3,(H,29,31)/b30-19+. The molecule has 3 aromatic carbocycles. The van der Waals surface area contributed by atoms with Crippen LogP contribution in [0.3, 0.4) is 0 Å². The molecule has 0 aliphatic carbocycles. The first-order valence-corrected chi connectivity index (χ1v) is 10.4. The highest BCUT2D eigenvalue weighted by atomic mass is 16.6. The van der Waals surface area contributed by atoms with Crippen LogP contribution in [0.15, 0.2) is 101 Å². The molecule has 1 aromatic heterocycles. The number of nitriles is 1. The average molecular weight is 435 g/mol. The number of carbonyl (C=O) groups excluding carboxylic acids is 1.